The number of nitrogens with one attached hydrogen (secondary N) is 1. The van der Waals surface area contributed by atoms with Crippen molar-refractivity contribution >= 4 is 5.71 Å². The van der Waals surface area contributed by atoms with E-state index < -0.39 is 0 Å². The summed E-state index contributed by atoms with van der Waals surface area (Å²) in [6.07, 6.45) is 0.488. The lowest BCUT2D eigenvalue weighted by molar-refractivity contribution is 0.414. The van der Waals surface area contributed by atoms with Gasteiger partial charge in [-0.05, 0) is 17.7 Å². The van der Waals surface area contributed by atoms with Crippen molar-refractivity contribution in [1.29, 1.82) is 5.41 Å². The molecule has 0 atom stereocenters. The number of hydrogen-bond donors (Lipinski definition) is 2. The van der Waals surface area contributed by atoms with Gasteiger partial charge in [0.1, 0.15) is 17.1 Å². The first-order valence-electron chi connectivity index (χ1n) is 8.20. The van der Waals surface area contributed by atoms with Crippen LogP contribution in [0.1, 0.15) is 22.4 Å². The number of aromatic nitrogens is 1. The fourth-order valence-electron chi connectivity index (χ4n) is 2.84. The summed E-state index contributed by atoms with van der Waals surface area (Å²) >= 11 is 0. The molecule has 5 heteroatoms. The van der Waals surface area contributed by atoms with Gasteiger partial charge in [-0.3, -0.25) is 10.2 Å². The van der Waals surface area contributed by atoms with Crippen molar-refractivity contribution in [1.82, 2.24) is 4.57 Å². The van der Waals surface area contributed by atoms with Crippen molar-refractivity contribution in [2.24, 2.45) is 7.05 Å². The summed E-state index contributed by atoms with van der Waals surface area (Å²) in [7, 11) is 3.26. The van der Waals surface area contributed by atoms with Crippen LogP contribution in [0.15, 0.2) is 65.5 Å². The zero-order chi connectivity index (χ0) is 18.7. The van der Waals surface area contributed by atoms with Gasteiger partial charge in [0.15, 0.2) is 0 Å². The van der Waals surface area contributed by atoms with E-state index in [-0.39, 0.29) is 22.6 Å². The smallest absolute Gasteiger partial charge is 0.263 e. The Morgan fingerprint density at radius 2 is 1.77 bits per heavy atom. The molecule has 0 radical (unpaired) electrons. The van der Waals surface area contributed by atoms with Crippen molar-refractivity contribution in [3.8, 4) is 11.5 Å². The summed E-state index contributed by atoms with van der Waals surface area (Å²) in [5.74, 6) is 0.586. The lowest BCUT2D eigenvalue weighted by Crippen LogP contribution is -2.27. The van der Waals surface area contributed by atoms with E-state index in [4.69, 9.17) is 10.1 Å². The van der Waals surface area contributed by atoms with Gasteiger partial charge in [0, 0.05) is 30.8 Å². The number of hydrogen-bond acceptors (Lipinski definition) is 4. The van der Waals surface area contributed by atoms with Crippen LogP contribution in [0.2, 0.25) is 0 Å². The second kappa shape index (κ2) is 7.27. The molecule has 0 bridgehead atoms. The molecular weight excluding hydrogens is 328 g/mol. The van der Waals surface area contributed by atoms with Crippen molar-refractivity contribution in [3.63, 3.8) is 0 Å². The van der Waals surface area contributed by atoms with E-state index in [0.29, 0.717) is 17.7 Å². The van der Waals surface area contributed by atoms with Gasteiger partial charge in [-0.15, -0.1) is 0 Å². The van der Waals surface area contributed by atoms with Crippen molar-refractivity contribution in [3.05, 3.63) is 93.4 Å². The molecule has 2 N–H and O–H groups in total. The highest BCUT2D eigenvalue weighted by molar-refractivity contribution is 6.12. The lowest BCUT2D eigenvalue weighted by Gasteiger charge is -2.13. The SMILES string of the molecule is COc1ccc(Cc2cc(O)c(C(=N)c3ccccc3)c(=O)n2C)cc1. The maximum Gasteiger partial charge on any atom is 0.263 e. The first kappa shape index (κ1) is 17.5. The highest BCUT2D eigenvalue weighted by Gasteiger charge is 2.18. The third-order valence-corrected chi connectivity index (χ3v) is 4.37. The number of methoxy groups -OCH3 is 1. The van der Waals surface area contributed by atoms with Crippen LogP contribution >= 0.6 is 0 Å². The van der Waals surface area contributed by atoms with E-state index in [2.05, 4.69) is 0 Å². The van der Waals surface area contributed by atoms with Crippen LogP contribution in [0.5, 0.6) is 11.5 Å². The van der Waals surface area contributed by atoms with Crippen LogP contribution < -0.4 is 10.3 Å². The number of ether oxygens (including phenoxy) is 1. The standard InChI is InChI=1S/C21H20N2O3/c1-23-16(12-14-8-10-17(26-2)11-9-14)13-18(24)19(21(23)25)20(22)15-6-4-3-5-7-15/h3-11,13,22,24H,12H2,1-2H3. The Morgan fingerprint density at radius 1 is 1.12 bits per heavy atom. The molecule has 0 unspecified atom stereocenters. The molecule has 2 aromatic carbocycles. The summed E-state index contributed by atoms with van der Waals surface area (Å²) in [6.45, 7) is 0. The third kappa shape index (κ3) is 3.37. The molecule has 1 aromatic heterocycles. The molecule has 0 saturated carbocycles. The Kier molecular flexibility index (Phi) is 4.89. The minimum absolute atomic E-state index is 0.0113. The molecule has 0 aliphatic heterocycles. The Balaban J connectivity index is 1.97. The number of pyridine rings is 1. The quantitative estimate of drug-likeness (QED) is 0.696. The summed E-state index contributed by atoms with van der Waals surface area (Å²) < 4.78 is 6.63. The minimum atomic E-state index is -0.387. The lowest BCUT2D eigenvalue weighted by atomic mass is 10.0. The molecule has 0 spiro atoms. The van der Waals surface area contributed by atoms with E-state index in [1.54, 1.807) is 44.5 Å². The van der Waals surface area contributed by atoms with Gasteiger partial charge in [0.2, 0.25) is 0 Å². The maximum atomic E-state index is 12.8. The van der Waals surface area contributed by atoms with Crippen LogP contribution in [0.4, 0.5) is 0 Å². The van der Waals surface area contributed by atoms with Crippen LogP contribution in [0, 0.1) is 5.41 Å². The Labute approximate surface area is 151 Å². The first-order valence-corrected chi connectivity index (χ1v) is 8.20. The molecule has 3 aromatic rings. The molecule has 132 valence electrons. The first-order chi connectivity index (χ1) is 12.5. The second-order valence-electron chi connectivity index (χ2n) is 6.03. The summed E-state index contributed by atoms with van der Waals surface area (Å²) in [5, 5.41) is 18.7. The van der Waals surface area contributed by atoms with E-state index in [0.717, 1.165) is 11.3 Å². The maximum absolute atomic E-state index is 12.8. The van der Waals surface area contributed by atoms with Crippen LogP contribution in [-0.4, -0.2) is 22.5 Å². The highest BCUT2D eigenvalue weighted by Crippen LogP contribution is 2.21. The molecule has 0 aliphatic carbocycles. The topological polar surface area (TPSA) is 75.3 Å². The average Bonchev–Trinajstić information content (AvgIpc) is 2.67. The monoisotopic (exact) mass is 348 g/mol. The number of rotatable bonds is 5. The summed E-state index contributed by atoms with van der Waals surface area (Å²) in [6, 6.07) is 18.0. The molecule has 0 fully saturated rings. The number of nitrogens with zero attached hydrogens (tertiary/aromatic N) is 1. The van der Waals surface area contributed by atoms with Crippen molar-refractivity contribution in [2.75, 3.05) is 7.11 Å². The zero-order valence-electron chi connectivity index (χ0n) is 14.7. The van der Waals surface area contributed by atoms with Gasteiger partial charge in [0.25, 0.3) is 5.56 Å². The van der Waals surface area contributed by atoms with E-state index >= 15 is 0 Å². The third-order valence-electron chi connectivity index (χ3n) is 4.37. The highest BCUT2D eigenvalue weighted by atomic mass is 16.5. The van der Waals surface area contributed by atoms with Crippen molar-refractivity contribution < 1.29 is 9.84 Å². The van der Waals surface area contributed by atoms with Crippen molar-refractivity contribution in [2.45, 2.75) is 6.42 Å². The fraction of sp³-hybridized carbons (Fsp3) is 0.143. The van der Waals surface area contributed by atoms with E-state index in [1.165, 1.54) is 4.57 Å². The predicted molar refractivity (Wildman–Crippen MR) is 102 cm³/mol. The minimum Gasteiger partial charge on any atom is -0.507 e. The van der Waals surface area contributed by atoms with E-state index in [1.807, 2.05) is 30.3 Å². The zero-order valence-corrected chi connectivity index (χ0v) is 14.7. The summed E-state index contributed by atoms with van der Waals surface area (Å²) in [4.78, 5) is 12.8. The molecule has 26 heavy (non-hydrogen) atoms. The van der Waals surface area contributed by atoms with Gasteiger partial charge in [-0.25, -0.2) is 0 Å². The Morgan fingerprint density at radius 3 is 2.38 bits per heavy atom. The average molecular weight is 348 g/mol. The number of benzene rings is 2. The normalized spacial score (nSPS) is 10.5. The number of aromatic hydroxyl groups is 1. The van der Waals surface area contributed by atoms with Gasteiger partial charge in [-0.1, -0.05) is 42.5 Å². The van der Waals surface area contributed by atoms with Crippen LogP contribution in [0.3, 0.4) is 0 Å². The van der Waals surface area contributed by atoms with Gasteiger partial charge >= 0.3 is 0 Å². The Hall–Kier alpha value is -3.34. The molecule has 5 nitrogen and oxygen atoms in total. The molecule has 1 heterocycles. The predicted octanol–water partition coefficient (Wildman–Crippen LogP) is 3.11. The molecule has 0 saturated heterocycles. The molecular formula is C21H20N2O3. The molecule has 0 aliphatic rings. The molecule has 3 rings (SSSR count). The van der Waals surface area contributed by atoms with Crippen LogP contribution in [-0.2, 0) is 13.5 Å². The van der Waals surface area contributed by atoms with Gasteiger partial charge in [-0.2, -0.15) is 0 Å². The Bertz CT molecular complexity index is 990. The van der Waals surface area contributed by atoms with E-state index in [9.17, 15) is 9.90 Å². The summed E-state index contributed by atoms with van der Waals surface area (Å²) in [5.41, 5.74) is 1.88. The van der Waals surface area contributed by atoms with Crippen LogP contribution in [0.25, 0.3) is 0 Å². The fourth-order valence-corrected chi connectivity index (χ4v) is 2.84. The largest absolute Gasteiger partial charge is 0.507 e. The van der Waals surface area contributed by atoms with Gasteiger partial charge in [0.05, 0.1) is 12.8 Å². The van der Waals surface area contributed by atoms with Gasteiger partial charge < -0.3 is 14.4 Å². The molecule has 0 amide bonds. The second-order valence-corrected chi connectivity index (χ2v) is 6.03.